The first-order chi connectivity index (χ1) is 11.9. The van der Waals surface area contributed by atoms with Crippen LogP contribution in [0.5, 0.6) is 0 Å². The van der Waals surface area contributed by atoms with Crippen molar-refractivity contribution in [2.75, 3.05) is 32.0 Å². The molecular weight excluding hydrogens is 381 g/mol. The number of nitrogens with one attached hydrogen (secondary N) is 2. The minimum absolute atomic E-state index is 0.0958. The van der Waals surface area contributed by atoms with E-state index in [9.17, 15) is 9.59 Å². The summed E-state index contributed by atoms with van der Waals surface area (Å²) in [7, 11) is 1.72. The van der Waals surface area contributed by atoms with Gasteiger partial charge in [-0.2, -0.15) is 0 Å². The molecular formula is C17H19Cl2N3O2S. The van der Waals surface area contributed by atoms with E-state index in [-0.39, 0.29) is 24.9 Å². The molecule has 1 heterocycles. The van der Waals surface area contributed by atoms with Crippen LogP contribution in [-0.4, -0.2) is 43.4 Å². The molecule has 0 aliphatic carbocycles. The van der Waals surface area contributed by atoms with Crippen LogP contribution in [0.25, 0.3) is 0 Å². The van der Waals surface area contributed by atoms with Gasteiger partial charge in [0.1, 0.15) is 0 Å². The number of benzene rings is 1. The molecule has 8 heteroatoms. The van der Waals surface area contributed by atoms with Crippen LogP contribution in [0.3, 0.4) is 0 Å². The molecule has 0 unspecified atom stereocenters. The van der Waals surface area contributed by atoms with Gasteiger partial charge in [-0.25, -0.2) is 0 Å². The largest absolute Gasteiger partial charge is 0.355 e. The van der Waals surface area contributed by atoms with Gasteiger partial charge in [0.2, 0.25) is 11.8 Å². The second-order valence-electron chi connectivity index (χ2n) is 5.53. The van der Waals surface area contributed by atoms with E-state index in [1.807, 2.05) is 17.5 Å². The molecule has 0 aliphatic heterocycles. The first-order valence-electron chi connectivity index (χ1n) is 7.66. The predicted molar refractivity (Wildman–Crippen MR) is 104 cm³/mol. The van der Waals surface area contributed by atoms with Gasteiger partial charge in [-0.05, 0) is 43.1 Å². The highest BCUT2D eigenvalue weighted by Crippen LogP contribution is 2.24. The van der Waals surface area contributed by atoms with E-state index in [1.165, 1.54) is 4.88 Å². The highest BCUT2D eigenvalue weighted by molar-refractivity contribution is 7.09. The molecule has 2 aromatic rings. The van der Waals surface area contributed by atoms with E-state index in [1.54, 1.807) is 41.5 Å². The van der Waals surface area contributed by atoms with E-state index < -0.39 is 0 Å². The third kappa shape index (κ3) is 7.04. The lowest BCUT2D eigenvalue weighted by atomic mass is 10.3. The van der Waals surface area contributed by atoms with Crippen LogP contribution < -0.4 is 10.6 Å². The number of nitrogens with zero attached hydrogens (tertiary/aromatic N) is 1. The number of carbonyl (C=O) groups excluding carboxylic acids is 2. The number of hydrogen-bond donors (Lipinski definition) is 2. The fourth-order valence-corrected chi connectivity index (χ4v) is 3.16. The summed E-state index contributed by atoms with van der Waals surface area (Å²) in [5.41, 5.74) is 0.563. The molecule has 0 saturated heterocycles. The molecule has 0 radical (unpaired) electrons. The summed E-state index contributed by atoms with van der Waals surface area (Å²) in [6.45, 7) is 0.834. The Morgan fingerprint density at radius 1 is 1.12 bits per heavy atom. The highest BCUT2D eigenvalue weighted by atomic mass is 35.5. The van der Waals surface area contributed by atoms with Gasteiger partial charge in [-0.15, -0.1) is 11.3 Å². The van der Waals surface area contributed by atoms with Crippen LogP contribution in [0, 0.1) is 0 Å². The Hall–Kier alpha value is -1.60. The third-order valence-corrected chi connectivity index (χ3v) is 4.98. The van der Waals surface area contributed by atoms with E-state index in [0.717, 1.165) is 6.42 Å². The molecule has 1 aromatic carbocycles. The summed E-state index contributed by atoms with van der Waals surface area (Å²) in [5, 5.41) is 8.38. The Bertz CT molecular complexity index is 723. The van der Waals surface area contributed by atoms with Gasteiger partial charge in [0, 0.05) is 17.1 Å². The summed E-state index contributed by atoms with van der Waals surface area (Å²) in [5.74, 6) is -0.339. The third-order valence-electron chi connectivity index (χ3n) is 3.30. The molecule has 2 amide bonds. The lowest BCUT2D eigenvalue weighted by molar-refractivity contribution is -0.122. The van der Waals surface area contributed by atoms with Crippen molar-refractivity contribution in [3.05, 3.63) is 50.6 Å². The van der Waals surface area contributed by atoms with E-state index in [4.69, 9.17) is 23.2 Å². The van der Waals surface area contributed by atoms with Crippen molar-refractivity contribution >= 4 is 52.0 Å². The van der Waals surface area contributed by atoms with Gasteiger partial charge >= 0.3 is 0 Å². The fraction of sp³-hybridized carbons (Fsp3) is 0.294. The maximum absolute atomic E-state index is 12.0. The molecule has 0 spiro atoms. The van der Waals surface area contributed by atoms with Crippen molar-refractivity contribution in [1.29, 1.82) is 0 Å². The van der Waals surface area contributed by atoms with Crippen LogP contribution in [-0.2, 0) is 16.0 Å². The first kappa shape index (κ1) is 19.7. The second-order valence-corrected chi connectivity index (χ2v) is 7.38. The zero-order valence-corrected chi connectivity index (χ0v) is 16.0. The summed E-state index contributed by atoms with van der Waals surface area (Å²) in [6, 6.07) is 8.89. The number of likely N-dealkylation sites (N-methyl/N-ethyl adjacent to an activating group) is 1. The lowest BCUT2D eigenvalue weighted by Crippen LogP contribution is -2.39. The topological polar surface area (TPSA) is 61.4 Å². The Morgan fingerprint density at radius 3 is 2.56 bits per heavy atom. The molecule has 0 bridgehead atoms. The van der Waals surface area contributed by atoms with Crippen molar-refractivity contribution in [2.24, 2.45) is 0 Å². The molecule has 1 aromatic heterocycles. The number of anilines is 1. The van der Waals surface area contributed by atoms with E-state index >= 15 is 0 Å². The van der Waals surface area contributed by atoms with Crippen LogP contribution in [0.2, 0.25) is 10.0 Å². The maximum atomic E-state index is 12.0. The standard InChI is InChI=1S/C17H19Cl2N3O2S/c1-22(10-16(23)20-7-6-13-3-2-8-25-13)11-17(24)21-12-4-5-14(18)15(19)9-12/h2-5,8-9H,6-7,10-11H2,1H3,(H,20,23)(H,21,24). The second kappa shape index (κ2) is 9.77. The molecule has 0 saturated carbocycles. The number of hydrogen-bond acceptors (Lipinski definition) is 4. The van der Waals surface area contributed by atoms with Crippen molar-refractivity contribution in [1.82, 2.24) is 10.2 Å². The Kier molecular flexibility index (Phi) is 7.71. The fourth-order valence-electron chi connectivity index (χ4n) is 2.16. The summed E-state index contributed by atoms with van der Waals surface area (Å²) < 4.78 is 0. The molecule has 0 aliphatic rings. The Labute approximate surface area is 160 Å². The maximum Gasteiger partial charge on any atom is 0.238 e. The van der Waals surface area contributed by atoms with Gasteiger partial charge in [0.15, 0.2) is 0 Å². The number of rotatable bonds is 8. The van der Waals surface area contributed by atoms with Crippen molar-refractivity contribution in [3.63, 3.8) is 0 Å². The van der Waals surface area contributed by atoms with Gasteiger partial charge < -0.3 is 10.6 Å². The van der Waals surface area contributed by atoms with Crippen LogP contribution in [0.1, 0.15) is 4.88 Å². The number of thiophene rings is 1. The predicted octanol–water partition coefficient (Wildman–Crippen LogP) is 3.28. The van der Waals surface area contributed by atoms with Crippen LogP contribution in [0.15, 0.2) is 35.7 Å². The number of amides is 2. The highest BCUT2D eigenvalue weighted by Gasteiger charge is 2.11. The van der Waals surface area contributed by atoms with Gasteiger partial charge in [0.05, 0.1) is 23.1 Å². The average molecular weight is 400 g/mol. The van der Waals surface area contributed by atoms with Crippen molar-refractivity contribution in [3.8, 4) is 0 Å². The lowest BCUT2D eigenvalue weighted by Gasteiger charge is -2.16. The van der Waals surface area contributed by atoms with E-state index in [2.05, 4.69) is 10.6 Å². The zero-order valence-electron chi connectivity index (χ0n) is 13.7. The number of halogens is 2. The minimum Gasteiger partial charge on any atom is -0.355 e. The quantitative estimate of drug-likeness (QED) is 0.715. The SMILES string of the molecule is CN(CC(=O)NCCc1cccs1)CC(=O)Nc1ccc(Cl)c(Cl)c1. The molecule has 25 heavy (non-hydrogen) atoms. The normalized spacial score (nSPS) is 10.7. The van der Waals surface area contributed by atoms with Crippen LogP contribution in [0.4, 0.5) is 5.69 Å². The van der Waals surface area contributed by atoms with Crippen molar-refractivity contribution in [2.45, 2.75) is 6.42 Å². The van der Waals surface area contributed by atoms with Gasteiger partial charge in [-0.3, -0.25) is 14.5 Å². The smallest absolute Gasteiger partial charge is 0.238 e. The monoisotopic (exact) mass is 399 g/mol. The molecule has 134 valence electrons. The molecule has 0 fully saturated rings. The Morgan fingerprint density at radius 2 is 1.88 bits per heavy atom. The number of carbonyl (C=O) groups is 2. The molecule has 5 nitrogen and oxygen atoms in total. The summed E-state index contributed by atoms with van der Waals surface area (Å²) in [4.78, 5) is 26.8. The zero-order chi connectivity index (χ0) is 18.2. The first-order valence-corrected chi connectivity index (χ1v) is 9.30. The minimum atomic E-state index is -0.229. The molecule has 0 atom stereocenters. The van der Waals surface area contributed by atoms with Gasteiger partial charge in [-0.1, -0.05) is 29.3 Å². The van der Waals surface area contributed by atoms with E-state index in [0.29, 0.717) is 22.3 Å². The summed E-state index contributed by atoms with van der Waals surface area (Å²) in [6.07, 6.45) is 0.810. The molecule has 2 N–H and O–H groups in total. The van der Waals surface area contributed by atoms with Crippen molar-refractivity contribution < 1.29 is 9.59 Å². The van der Waals surface area contributed by atoms with Gasteiger partial charge in [0.25, 0.3) is 0 Å². The average Bonchev–Trinajstić information content (AvgIpc) is 3.04. The summed E-state index contributed by atoms with van der Waals surface area (Å²) >= 11 is 13.4. The molecule has 2 rings (SSSR count). The van der Waals surface area contributed by atoms with Crippen LogP contribution >= 0.6 is 34.5 Å². The Balaban J connectivity index is 1.69.